The molecule has 2 unspecified atom stereocenters. The fourth-order valence-electron chi connectivity index (χ4n) is 1.77. The van der Waals surface area contributed by atoms with Crippen LogP contribution in [-0.4, -0.2) is 50.8 Å². The van der Waals surface area contributed by atoms with Crippen molar-refractivity contribution >= 4 is 0 Å². The second-order valence-corrected chi connectivity index (χ2v) is 3.87. The summed E-state index contributed by atoms with van der Waals surface area (Å²) in [4.78, 5) is 2.31. The number of rotatable bonds is 5. The Kier molecular flexibility index (Phi) is 4.70. The quantitative estimate of drug-likeness (QED) is 0.684. The minimum Gasteiger partial charge on any atom is -0.372 e. The number of ether oxygens (including phenoxy) is 1. The first-order chi connectivity index (χ1) is 6.26. The molecule has 0 aromatic heterocycles. The van der Waals surface area contributed by atoms with Gasteiger partial charge < -0.3 is 15.0 Å². The highest BCUT2D eigenvalue weighted by molar-refractivity contribution is 4.76. The maximum Gasteiger partial charge on any atom is 0.0707 e. The van der Waals surface area contributed by atoms with Gasteiger partial charge in [0.1, 0.15) is 0 Å². The second kappa shape index (κ2) is 5.58. The van der Waals surface area contributed by atoms with Gasteiger partial charge in [-0.05, 0) is 33.5 Å². The monoisotopic (exact) mass is 186 g/mol. The summed E-state index contributed by atoms with van der Waals surface area (Å²) in [6.07, 6.45) is 3.34. The zero-order chi connectivity index (χ0) is 9.68. The maximum absolute atomic E-state index is 5.87. The SMILES string of the molecule is CCN(C)CC1CCC(CNC)O1. The molecule has 0 aliphatic carbocycles. The summed E-state index contributed by atoms with van der Waals surface area (Å²) in [6.45, 7) is 5.36. The molecular weight excluding hydrogens is 164 g/mol. The first-order valence-electron chi connectivity index (χ1n) is 5.24. The van der Waals surface area contributed by atoms with Crippen LogP contribution in [0.3, 0.4) is 0 Å². The Balaban J connectivity index is 2.17. The van der Waals surface area contributed by atoms with E-state index in [0.29, 0.717) is 12.2 Å². The Morgan fingerprint density at radius 3 is 2.69 bits per heavy atom. The van der Waals surface area contributed by atoms with Gasteiger partial charge in [-0.15, -0.1) is 0 Å². The lowest BCUT2D eigenvalue weighted by Gasteiger charge is -2.19. The van der Waals surface area contributed by atoms with Gasteiger partial charge in [-0.2, -0.15) is 0 Å². The highest BCUT2D eigenvalue weighted by atomic mass is 16.5. The van der Waals surface area contributed by atoms with Crippen LogP contribution in [0.2, 0.25) is 0 Å². The molecule has 1 aliphatic rings. The molecule has 0 amide bonds. The fraction of sp³-hybridized carbons (Fsp3) is 1.00. The molecule has 0 aromatic rings. The standard InChI is InChI=1S/C10H22N2O/c1-4-12(3)8-10-6-5-9(13-10)7-11-2/h9-11H,4-8H2,1-3H3. The van der Waals surface area contributed by atoms with E-state index in [9.17, 15) is 0 Å². The molecule has 1 fully saturated rings. The molecular formula is C10H22N2O. The topological polar surface area (TPSA) is 24.5 Å². The summed E-state index contributed by atoms with van der Waals surface area (Å²) in [7, 11) is 4.13. The third kappa shape index (κ3) is 3.63. The van der Waals surface area contributed by atoms with Crippen LogP contribution in [0.1, 0.15) is 19.8 Å². The largest absolute Gasteiger partial charge is 0.372 e. The van der Waals surface area contributed by atoms with Gasteiger partial charge in [-0.3, -0.25) is 0 Å². The van der Waals surface area contributed by atoms with Gasteiger partial charge in [-0.1, -0.05) is 6.92 Å². The first-order valence-corrected chi connectivity index (χ1v) is 5.24. The Hall–Kier alpha value is -0.120. The number of likely N-dealkylation sites (N-methyl/N-ethyl adjacent to an activating group) is 2. The Morgan fingerprint density at radius 2 is 2.08 bits per heavy atom. The third-order valence-electron chi connectivity index (χ3n) is 2.68. The van der Waals surface area contributed by atoms with Crippen LogP contribution in [0.15, 0.2) is 0 Å². The van der Waals surface area contributed by atoms with Gasteiger partial charge in [0.15, 0.2) is 0 Å². The average Bonchev–Trinajstić information content (AvgIpc) is 2.53. The normalized spacial score (nSPS) is 28.6. The fourth-order valence-corrected chi connectivity index (χ4v) is 1.77. The van der Waals surface area contributed by atoms with Crippen molar-refractivity contribution in [1.82, 2.24) is 10.2 Å². The lowest BCUT2D eigenvalue weighted by Crippen LogP contribution is -2.30. The van der Waals surface area contributed by atoms with E-state index in [-0.39, 0.29) is 0 Å². The van der Waals surface area contributed by atoms with Gasteiger partial charge in [0.25, 0.3) is 0 Å². The van der Waals surface area contributed by atoms with Crippen LogP contribution in [0.5, 0.6) is 0 Å². The number of hydrogen-bond donors (Lipinski definition) is 1. The maximum atomic E-state index is 5.87. The van der Waals surface area contributed by atoms with Gasteiger partial charge >= 0.3 is 0 Å². The molecule has 3 heteroatoms. The molecule has 0 spiro atoms. The molecule has 3 nitrogen and oxygen atoms in total. The van der Waals surface area contributed by atoms with Crippen LogP contribution in [0, 0.1) is 0 Å². The zero-order valence-corrected chi connectivity index (χ0v) is 9.05. The lowest BCUT2D eigenvalue weighted by atomic mass is 10.2. The van der Waals surface area contributed by atoms with E-state index in [4.69, 9.17) is 4.74 Å². The van der Waals surface area contributed by atoms with Crippen molar-refractivity contribution in [3.05, 3.63) is 0 Å². The van der Waals surface area contributed by atoms with E-state index >= 15 is 0 Å². The highest BCUT2D eigenvalue weighted by Crippen LogP contribution is 2.19. The van der Waals surface area contributed by atoms with E-state index in [1.807, 2.05) is 7.05 Å². The highest BCUT2D eigenvalue weighted by Gasteiger charge is 2.24. The van der Waals surface area contributed by atoms with Crippen molar-refractivity contribution < 1.29 is 4.74 Å². The van der Waals surface area contributed by atoms with Crippen molar-refractivity contribution in [3.63, 3.8) is 0 Å². The zero-order valence-electron chi connectivity index (χ0n) is 9.05. The van der Waals surface area contributed by atoms with Crippen molar-refractivity contribution in [2.75, 3.05) is 33.7 Å². The molecule has 0 saturated carbocycles. The Labute approximate surface area is 81.4 Å². The minimum absolute atomic E-state index is 0.445. The predicted molar refractivity (Wildman–Crippen MR) is 55.0 cm³/mol. The number of nitrogens with zero attached hydrogens (tertiary/aromatic N) is 1. The van der Waals surface area contributed by atoms with Crippen molar-refractivity contribution in [2.45, 2.75) is 32.0 Å². The van der Waals surface area contributed by atoms with E-state index in [0.717, 1.165) is 19.6 Å². The van der Waals surface area contributed by atoms with Crippen molar-refractivity contribution in [3.8, 4) is 0 Å². The molecule has 1 heterocycles. The van der Waals surface area contributed by atoms with Gasteiger partial charge in [0.05, 0.1) is 12.2 Å². The molecule has 78 valence electrons. The molecule has 1 aliphatic heterocycles. The molecule has 13 heavy (non-hydrogen) atoms. The van der Waals surface area contributed by atoms with E-state index in [1.165, 1.54) is 12.8 Å². The van der Waals surface area contributed by atoms with Gasteiger partial charge in [-0.25, -0.2) is 0 Å². The molecule has 1 saturated heterocycles. The minimum atomic E-state index is 0.445. The summed E-state index contributed by atoms with van der Waals surface area (Å²) in [5.74, 6) is 0. The Bertz CT molecular complexity index is 141. The van der Waals surface area contributed by atoms with Crippen LogP contribution < -0.4 is 5.32 Å². The smallest absolute Gasteiger partial charge is 0.0707 e. The number of hydrogen-bond acceptors (Lipinski definition) is 3. The predicted octanol–water partition coefficient (Wildman–Crippen LogP) is 0.705. The van der Waals surface area contributed by atoms with E-state index in [1.54, 1.807) is 0 Å². The molecule has 0 radical (unpaired) electrons. The van der Waals surface area contributed by atoms with Gasteiger partial charge in [0.2, 0.25) is 0 Å². The molecule has 1 rings (SSSR count). The van der Waals surface area contributed by atoms with Gasteiger partial charge in [0, 0.05) is 13.1 Å². The second-order valence-electron chi connectivity index (χ2n) is 3.87. The van der Waals surface area contributed by atoms with Crippen LogP contribution in [0.25, 0.3) is 0 Å². The van der Waals surface area contributed by atoms with Crippen molar-refractivity contribution in [2.24, 2.45) is 0 Å². The van der Waals surface area contributed by atoms with Crippen LogP contribution in [0.4, 0.5) is 0 Å². The van der Waals surface area contributed by atoms with Crippen molar-refractivity contribution in [1.29, 1.82) is 0 Å². The summed E-state index contributed by atoms with van der Waals surface area (Å²) in [6, 6.07) is 0. The molecule has 2 atom stereocenters. The summed E-state index contributed by atoms with van der Waals surface area (Å²) in [5, 5.41) is 3.16. The summed E-state index contributed by atoms with van der Waals surface area (Å²) >= 11 is 0. The molecule has 0 bridgehead atoms. The Morgan fingerprint density at radius 1 is 1.38 bits per heavy atom. The van der Waals surface area contributed by atoms with Crippen LogP contribution in [-0.2, 0) is 4.74 Å². The third-order valence-corrected chi connectivity index (χ3v) is 2.68. The molecule has 0 aromatic carbocycles. The van der Waals surface area contributed by atoms with Crippen LogP contribution >= 0.6 is 0 Å². The number of nitrogens with one attached hydrogen (secondary N) is 1. The first kappa shape index (κ1) is 11.0. The molecule has 1 N–H and O–H groups in total. The van der Waals surface area contributed by atoms with E-state index < -0.39 is 0 Å². The van der Waals surface area contributed by atoms with E-state index in [2.05, 4.69) is 24.2 Å². The summed E-state index contributed by atoms with van der Waals surface area (Å²) < 4.78 is 5.87. The average molecular weight is 186 g/mol. The lowest BCUT2D eigenvalue weighted by molar-refractivity contribution is 0.0296. The summed E-state index contributed by atoms with van der Waals surface area (Å²) in [5.41, 5.74) is 0.